The van der Waals surface area contributed by atoms with Crippen molar-refractivity contribution in [3.8, 4) is 16.5 Å². The van der Waals surface area contributed by atoms with E-state index >= 15 is 0 Å². The first kappa shape index (κ1) is 17.8. The summed E-state index contributed by atoms with van der Waals surface area (Å²) < 4.78 is 26.4. The summed E-state index contributed by atoms with van der Waals surface area (Å²) in [5.74, 6) is -0.322. The van der Waals surface area contributed by atoms with E-state index in [1.807, 2.05) is 6.07 Å². The molecule has 1 aliphatic heterocycles. The molecule has 1 atom stereocenters. The van der Waals surface area contributed by atoms with Crippen molar-refractivity contribution in [3.63, 3.8) is 0 Å². The second-order valence-electron chi connectivity index (χ2n) is 5.89. The number of guanidine groups is 1. The standard InChI is InChI=1S/C15H14BrN5O2S2/c1-15(8-25(22,23)21(2)14(18)20-15)13-11(16)4-12(24-13)10-3-9(5-17)6-19-7-10/h3-4,6-7H,8H2,1-2H3,(H2,18,20)/t15-/m0/s1. The van der Waals surface area contributed by atoms with Crippen LogP contribution < -0.4 is 5.32 Å². The molecule has 0 aromatic carbocycles. The highest BCUT2D eigenvalue weighted by Crippen LogP contribution is 2.42. The van der Waals surface area contributed by atoms with Gasteiger partial charge in [-0.1, -0.05) is 0 Å². The Hall–Kier alpha value is -1.96. The zero-order valence-electron chi connectivity index (χ0n) is 13.4. The Morgan fingerprint density at radius 3 is 2.84 bits per heavy atom. The van der Waals surface area contributed by atoms with Crippen LogP contribution >= 0.6 is 27.3 Å². The minimum absolute atomic E-state index is 0.159. The molecule has 10 heteroatoms. The van der Waals surface area contributed by atoms with E-state index in [-0.39, 0.29) is 11.7 Å². The fourth-order valence-corrected chi connectivity index (χ4v) is 6.37. The summed E-state index contributed by atoms with van der Waals surface area (Å²) >= 11 is 4.90. The third-order valence-electron chi connectivity index (χ3n) is 3.94. The first-order valence-corrected chi connectivity index (χ1v) is 10.4. The van der Waals surface area contributed by atoms with Crippen LogP contribution in [0.5, 0.6) is 0 Å². The van der Waals surface area contributed by atoms with Crippen molar-refractivity contribution in [1.29, 1.82) is 10.7 Å². The van der Waals surface area contributed by atoms with Gasteiger partial charge in [0.15, 0.2) is 0 Å². The molecule has 0 saturated carbocycles. The maximum absolute atomic E-state index is 12.3. The third kappa shape index (κ3) is 3.15. The SMILES string of the molecule is CN1C(=N)N[C@](C)(c2sc(-c3cncc(C#N)c3)cc2Br)CS1(=O)=O. The smallest absolute Gasteiger partial charge is 0.239 e. The minimum Gasteiger partial charge on any atom is -0.344 e. The number of nitrogens with one attached hydrogen (secondary N) is 2. The maximum atomic E-state index is 12.3. The normalized spacial score (nSPS) is 22.3. The van der Waals surface area contributed by atoms with E-state index in [2.05, 4.69) is 32.3 Å². The van der Waals surface area contributed by atoms with Crippen LogP contribution in [0, 0.1) is 16.7 Å². The van der Waals surface area contributed by atoms with E-state index in [1.165, 1.54) is 24.6 Å². The molecule has 0 aliphatic carbocycles. The van der Waals surface area contributed by atoms with Crippen LogP contribution in [0.25, 0.3) is 10.4 Å². The summed E-state index contributed by atoms with van der Waals surface area (Å²) in [5.41, 5.74) is 0.312. The summed E-state index contributed by atoms with van der Waals surface area (Å²) in [6.45, 7) is 1.76. The first-order valence-electron chi connectivity index (χ1n) is 7.15. The van der Waals surface area contributed by atoms with Crippen molar-refractivity contribution < 1.29 is 8.42 Å². The van der Waals surface area contributed by atoms with Crippen molar-refractivity contribution in [2.45, 2.75) is 12.5 Å². The van der Waals surface area contributed by atoms with Crippen LogP contribution in [-0.2, 0) is 15.6 Å². The number of hydrogen-bond donors (Lipinski definition) is 2. The lowest BCUT2D eigenvalue weighted by atomic mass is 10.0. The predicted octanol–water partition coefficient (Wildman–Crippen LogP) is 2.46. The lowest BCUT2D eigenvalue weighted by molar-refractivity contribution is 0.423. The zero-order chi connectivity index (χ0) is 18.4. The summed E-state index contributed by atoms with van der Waals surface area (Å²) in [6, 6.07) is 5.66. The van der Waals surface area contributed by atoms with Gasteiger partial charge in [0.05, 0.1) is 16.9 Å². The van der Waals surface area contributed by atoms with Crippen LogP contribution in [0.2, 0.25) is 0 Å². The Bertz CT molecular complexity index is 1010. The highest BCUT2D eigenvalue weighted by atomic mass is 79.9. The lowest BCUT2D eigenvalue weighted by Gasteiger charge is -2.39. The number of aromatic nitrogens is 1. The largest absolute Gasteiger partial charge is 0.344 e. The number of halogens is 1. The van der Waals surface area contributed by atoms with E-state index in [1.54, 1.807) is 19.2 Å². The quantitative estimate of drug-likeness (QED) is 0.746. The molecule has 25 heavy (non-hydrogen) atoms. The fourth-order valence-electron chi connectivity index (χ4n) is 2.62. The highest BCUT2D eigenvalue weighted by molar-refractivity contribution is 9.10. The van der Waals surface area contributed by atoms with Crippen LogP contribution in [0.4, 0.5) is 0 Å². The monoisotopic (exact) mass is 439 g/mol. The Kier molecular flexibility index (Phi) is 4.35. The molecule has 2 aromatic heterocycles. The van der Waals surface area contributed by atoms with Crippen LogP contribution in [0.15, 0.2) is 29.0 Å². The van der Waals surface area contributed by atoms with Gasteiger partial charge < -0.3 is 5.32 Å². The molecule has 0 radical (unpaired) electrons. The van der Waals surface area contributed by atoms with E-state index in [0.29, 0.717) is 5.56 Å². The molecule has 7 nitrogen and oxygen atoms in total. The molecule has 2 N–H and O–H groups in total. The fraction of sp³-hybridized carbons (Fsp3) is 0.267. The van der Waals surface area contributed by atoms with E-state index < -0.39 is 15.6 Å². The number of sulfonamides is 1. The van der Waals surface area contributed by atoms with Gasteiger partial charge in [-0.2, -0.15) is 5.26 Å². The van der Waals surface area contributed by atoms with Gasteiger partial charge in [-0.05, 0) is 35.0 Å². The third-order valence-corrected chi connectivity index (χ3v) is 8.23. The van der Waals surface area contributed by atoms with Crippen LogP contribution in [0.3, 0.4) is 0 Å². The first-order chi connectivity index (χ1) is 11.7. The summed E-state index contributed by atoms with van der Waals surface area (Å²) in [6.07, 6.45) is 3.15. The molecular formula is C15H14BrN5O2S2. The molecule has 3 rings (SSSR count). The number of hydrogen-bond acceptors (Lipinski definition) is 6. The van der Waals surface area contributed by atoms with Crippen molar-refractivity contribution >= 4 is 43.2 Å². The maximum Gasteiger partial charge on any atom is 0.239 e. The van der Waals surface area contributed by atoms with Crippen molar-refractivity contribution in [1.82, 2.24) is 14.6 Å². The summed E-state index contributed by atoms with van der Waals surface area (Å²) in [4.78, 5) is 5.69. The molecule has 1 fully saturated rings. The summed E-state index contributed by atoms with van der Waals surface area (Å²) in [5, 5.41) is 19.9. The van der Waals surface area contributed by atoms with Crippen molar-refractivity contribution in [3.05, 3.63) is 39.4 Å². The van der Waals surface area contributed by atoms with Gasteiger partial charge in [0, 0.05) is 39.2 Å². The molecule has 1 saturated heterocycles. The Morgan fingerprint density at radius 2 is 2.20 bits per heavy atom. The Labute approximate surface area is 158 Å². The average Bonchev–Trinajstić information content (AvgIpc) is 2.95. The highest BCUT2D eigenvalue weighted by Gasteiger charge is 2.43. The number of rotatable bonds is 2. The van der Waals surface area contributed by atoms with Gasteiger partial charge in [0.25, 0.3) is 0 Å². The zero-order valence-corrected chi connectivity index (χ0v) is 16.6. The van der Waals surface area contributed by atoms with Crippen LogP contribution in [-0.4, -0.2) is 36.5 Å². The predicted molar refractivity (Wildman–Crippen MR) is 99.7 cm³/mol. The Balaban J connectivity index is 2.06. The second kappa shape index (κ2) is 6.09. The number of nitrogens with zero attached hydrogens (tertiary/aromatic N) is 3. The Morgan fingerprint density at radius 1 is 1.48 bits per heavy atom. The second-order valence-corrected chi connectivity index (χ2v) is 9.80. The molecule has 1 aliphatic rings. The average molecular weight is 440 g/mol. The van der Waals surface area contributed by atoms with Gasteiger partial charge >= 0.3 is 0 Å². The van der Waals surface area contributed by atoms with Gasteiger partial charge in [-0.3, -0.25) is 10.4 Å². The van der Waals surface area contributed by atoms with E-state index in [4.69, 9.17) is 10.7 Å². The lowest BCUT2D eigenvalue weighted by Crippen LogP contribution is -2.60. The number of pyridine rings is 1. The number of nitriles is 1. The molecular weight excluding hydrogens is 426 g/mol. The van der Waals surface area contributed by atoms with Gasteiger partial charge in [-0.25, -0.2) is 12.7 Å². The van der Waals surface area contributed by atoms with Gasteiger partial charge in [0.2, 0.25) is 16.0 Å². The molecule has 3 heterocycles. The molecule has 130 valence electrons. The van der Waals surface area contributed by atoms with Gasteiger partial charge in [-0.15, -0.1) is 11.3 Å². The van der Waals surface area contributed by atoms with E-state index in [9.17, 15) is 8.42 Å². The summed E-state index contributed by atoms with van der Waals surface area (Å²) in [7, 11) is -2.21. The molecule has 2 aromatic rings. The molecule has 0 spiro atoms. The molecule has 0 unspecified atom stereocenters. The van der Waals surface area contributed by atoms with Gasteiger partial charge in [0.1, 0.15) is 6.07 Å². The van der Waals surface area contributed by atoms with E-state index in [0.717, 1.165) is 24.1 Å². The minimum atomic E-state index is -3.57. The van der Waals surface area contributed by atoms with Crippen molar-refractivity contribution in [2.75, 3.05) is 12.8 Å². The van der Waals surface area contributed by atoms with Crippen LogP contribution in [0.1, 0.15) is 17.4 Å². The van der Waals surface area contributed by atoms with Crippen molar-refractivity contribution in [2.24, 2.45) is 0 Å². The molecule has 0 bridgehead atoms. The molecule has 0 amide bonds. The topological polar surface area (TPSA) is 110 Å². The number of thiophene rings is 1.